The van der Waals surface area contributed by atoms with E-state index in [1.807, 2.05) is 0 Å². The van der Waals surface area contributed by atoms with Crippen molar-refractivity contribution in [2.75, 3.05) is 103 Å². The number of nitrogens with two attached hydrogens (primary N) is 6. The third-order valence-corrected chi connectivity index (χ3v) is 7.72. The molecular formula is C36H58N10O10. The summed E-state index contributed by atoms with van der Waals surface area (Å²) in [5, 5.41) is 5.62. The molecule has 0 radical (unpaired) electrons. The first-order valence-corrected chi connectivity index (χ1v) is 18.5. The Balaban J connectivity index is 1.53. The van der Waals surface area contributed by atoms with Crippen LogP contribution in [0.15, 0.2) is 46.4 Å². The topological polar surface area (TPSA) is 313 Å². The third kappa shape index (κ3) is 19.0. The molecule has 1 heterocycles. The highest BCUT2D eigenvalue weighted by Gasteiger charge is 2.17. The summed E-state index contributed by atoms with van der Waals surface area (Å²) in [7, 11) is 0. The minimum absolute atomic E-state index is 0.0100. The van der Waals surface area contributed by atoms with Crippen molar-refractivity contribution in [3.05, 3.63) is 36.4 Å². The van der Waals surface area contributed by atoms with E-state index in [-0.39, 0.29) is 63.4 Å². The molecule has 2 aromatic rings. The molecule has 1 aliphatic heterocycles. The molecule has 0 spiro atoms. The van der Waals surface area contributed by atoms with Crippen LogP contribution in [0.1, 0.15) is 25.7 Å². The van der Waals surface area contributed by atoms with Crippen molar-refractivity contribution in [1.29, 1.82) is 0 Å². The summed E-state index contributed by atoms with van der Waals surface area (Å²) < 4.78 is 46.5. The molecule has 2 aromatic carbocycles. The zero-order valence-corrected chi connectivity index (χ0v) is 31.8. The van der Waals surface area contributed by atoms with E-state index < -0.39 is 12.1 Å². The van der Waals surface area contributed by atoms with Crippen LogP contribution < -0.4 is 64.0 Å². The zero-order chi connectivity index (χ0) is 40.4. The number of aliphatic imine (C=N–C) groups is 2. The van der Waals surface area contributed by atoms with Crippen molar-refractivity contribution < 1.29 is 47.5 Å². The normalized spacial score (nSPS) is 16.2. The Hall–Kier alpha value is -5.12. The van der Waals surface area contributed by atoms with Gasteiger partial charge in [0, 0.05) is 36.6 Å². The average molecular weight is 791 g/mol. The van der Waals surface area contributed by atoms with Crippen LogP contribution in [0.3, 0.4) is 0 Å². The van der Waals surface area contributed by atoms with E-state index >= 15 is 0 Å². The Labute approximate surface area is 326 Å². The van der Waals surface area contributed by atoms with E-state index in [1.165, 1.54) is 0 Å². The number of ether oxygens (including phenoxy) is 8. The predicted octanol–water partition coefficient (Wildman–Crippen LogP) is -0.379. The summed E-state index contributed by atoms with van der Waals surface area (Å²) in [6.07, 6.45) is 1.90. The van der Waals surface area contributed by atoms with Crippen LogP contribution in [0.4, 0.5) is 11.4 Å². The standard InChI is InChI=1S/C36H58N10O10/c37-27(3-1-9-43-35(39)40)33(47)45-25-5-7-29-31(23-25)55-21-17-51-13-14-52-18-22-56-32-24-26(46-34(48)28(38)4-2-10-44-36(41)42)6-8-30(32)54-20-16-50-12-11-49-15-19-53-29/h5-8,23-24,27-28H,1-4,9-22,37-38H2,(H,45,47)(H,46,48)(H4,39,40,43)(H4,41,42,44)/t27-,28-/m0/s1. The second-order valence-corrected chi connectivity index (χ2v) is 12.3. The van der Waals surface area contributed by atoms with E-state index in [0.717, 1.165) is 0 Å². The molecule has 1 aliphatic rings. The SMILES string of the molecule is NC(N)=NCCC[C@H](N)C(=O)Nc1ccc2c(c1)OCCOCCOCCOc1cc(NC(=O)[C@@H](N)CCCN=C(N)N)ccc1OCCOCCOCCO2. The van der Waals surface area contributed by atoms with E-state index in [9.17, 15) is 9.59 Å². The van der Waals surface area contributed by atoms with Gasteiger partial charge in [0.05, 0.1) is 64.9 Å². The number of rotatable bonds is 12. The lowest BCUT2D eigenvalue weighted by molar-refractivity contribution is -0.118. The van der Waals surface area contributed by atoms with Gasteiger partial charge in [0.25, 0.3) is 0 Å². The molecule has 0 unspecified atom stereocenters. The van der Waals surface area contributed by atoms with Gasteiger partial charge in [-0.05, 0) is 49.9 Å². The number of guanidine groups is 2. The Morgan fingerprint density at radius 2 is 0.839 bits per heavy atom. The quantitative estimate of drug-likeness (QED) is 0.0772. The van der Waals surface area contributed by atoms with Gasteiger partial charge in [-0.15, -0.1) is 0 Å². The van der Waals surface area contributed by atoms with E-state index in [0.29, 0.717) is 113 Å². The Bertz CT molecular complexity index is 1410. The van der Waals surface area contributed by atoms with E-state index in [2.05, 4.69) is 20.6 Å². The lowest BCUT2D eigenvalue weighted by atomic mass is 10.1. The summed E-state index contributed by atoms with van der Waals surface area (Å²) in [6.45, 7) is 4.04. The van der Waals surface area contributed by atoms with E-state index in [4.69, 9.17) is 72.3 Å². The smallest absolute Gasteiger partial charge is 0.241 e. The molecule has 0 saturated carbocycles. The zero-order valence-electron chi connectivity index (χ0n) is 31.8. The van der Waals surface area contributed by atoms with Gasteiger partial charge in [0.1, 0.15) is 26.4 Å². The maximum Gasteiger partial charge on any atom is 0.241 e. The Morgan fingerprint density at radius 1 is 0.518 bits per heavy atom. The number of anilines is 2. The minimum atomic E-state index is -0.753. The number of hydrogen-bond acceptors (Lipinski definition) is 14. The number of nitrogens with one attached hydrogen (secondary N) is 2. The number of carbonyl (C=O) groups excluding carboxylic acids is 2. The van der Waals surface area contributed by atoms with Gasteiger partial charge in [-0.2, -0.15) is 0 Å². The summed E-state index contributed by atoms with van der Waals surface area (Å²) in [5.41, 5.74) is 34.5. The van der Waals surface area contributed by atoms with Gasteiger partial charge in [-0.3, -0.25) is 19.6 Å². The number of carbonyl (C=O) groups is 2. The highest BCUT2D eigenvalue weighted by atomic mass is 16.6. The van der Waals surface area contributed by atoms with Crippen molar-refractivity contribution in [2.45, 2.75) is 37.8 Å². The predicted molar refractivity (Wildman–Crippen MR) is 211 cm³/mol. The summed E-state index contributed by atoms with van der Waals surface area (Å²) in [6, 6.07) is 8.60. The highest BCUT2D eigenvalue weighted by molar-refractivity contribution is 5.95. The molecule has 20 heteroatoms. The summed E-state index contributed by atoms with van der Waals surface area (Å²) >= 11 is 0. The Kier molecular flexibility index (Phi) is 21.5. The largest absolute Gasteiger partial charge is 0.487 e. The number of nitrogens with zero attached hydrogens (tertiary/aromatic N) is 2. The molecule has 20 nitrogen and oxygen atoms in total. The fraction of sp³-hybridized carbons (Fsp3) is 0.556. The second-order valence-electron chi connectivity index (χ2n) is 12.3. The van der Waals surface area contributed by atoms with Gasteiger partial charge in [-0.1, -0.05) is 0 Å². The van der Waals surface area contributed by atoms with Gasteiger partial charge in [0.2, 0.25) is 11.8 Å². The van der Waals surface area contributed by atoms with Crippen LogP contribution >= 0.6 is 0 Å². The second kappa shape index (κ2) is 26.6. The fourth-order valence-electron chi connectivity index (χ4n) is 4.89. The number of hydrogen-bond donors (Lipinski definition) is 8. The van der Waals surface area contributed by atoms with Crippen LogP contribution in [-0.4, -0.2) is 128 Å². The molecule has 56 heavy (non-hydrogen) atoms. The summed E-state index contributed by atoms with van der Waals surface area (Å²) in [4.78, 5) is 33.2. The molecule has 3 rings (SSSR count). The lowest BCUT2D eigenvalue weighted by Crippen LogP contribution is -2.35. The molecule has 0 saturated heterocycles. The van der Waals surface area contributed by atoms with Crippen LogP contribution in [0.5, 0.6) is 23.0 Å². The molecule has 0 fully saturated rings. The molecular weight excluding hydrogens is 732 g/mol. The fourth-order valence-corrected chi connectivity index (χ4v) is 4.89. The van der Waals surface area contributed by atoms with Gasteiger partial charge in [0.15, 0.2) is 34.9 Å². The summed E-state index contributed by atoms with van der Waals surface area (Å²) in [5.74, 6) is 1.01. The Morgan fingerprint density at radius 3 is 1.18 bits per heavy atom. The molecule has 312 valence electrons. The first-order chi connectivity index (χ1) is 27.1. The van der Waals surface area contributed by atoms with Crippen molar-refractivity contribution in [3.8, 4) is 23.0 Å². The van der Waals surface area contributed by atoms with Crippen LogP contribution in [-0.2, 0) is 28.5 Å². The van der Waals surface area contributed by atoms with Crippen molar-refractivity contribution in [2.24, 2.45) is 44.4 Å². The van der Waals surface area contributed by atoms with Crippen molar-refractivity contribution in [1.82, 2.24) is 0 Å². The van der Waals surface area contributed by atoms with E-state index in [1.54, 1.807) is 36.4 Å². The molecule has 2 amide bonds. The van der Waals surface area contributed by atoms with Gasteiger partial charge < -0.3 is 82.9 Å². The molecule has 14 N–H and O–H groups in total. The monoisotopic (exact) mass is 790 g/mol. The first kappa shape index (κ1) is 45.3. The van der Waals surface area contributed by atoms with Crippen LogP contribution in [0.2, 0.25) is 0 Å². The molecule has 2 atom stereocenters. The van der Waals surface area contributed by atoms with Gasteiger partial charge in [-0.25, -0.2) is 0 Å². The number of benzene rings is 2. The third-order valence-electron chi connectivity index (χ3n) is 7.72. The average Bonchev–Trinajstić information content (AvgIpc) is 3.17. The molecule has 0 aromatic heterocycles. The molecule has 0 bridgehead atoms. The van der Waals surface area contributed by atoms with Crippen molar-refractivity contribution in [3.63, 3.8) is 0 Å². The maximum atomic E-state index is 12.7. The maximum absolute atomic E-state index is 12.7. The number of amides is 2. The molecule has 0 aliphatic carbocycles. The lowest BCUT2D eigenvalue weighted by Gasteiger charge is -2.17. The van der Waals surface area contributed by atoms with Crippen molar-refractivity contribution >= 4 is 35.1 Å². The van der Waals surface area contributed by atoms with Gasteiger partial charge >= 0.3 is 0 Å². The van der Waals surface area contributed by atoms with Crippen LogP contribution in [0, 0.1) is 0 Å². The number of fused-ring (bicyclic) bond motifs is 2. The minimum Gasteiger partial charge on any atom is -0.487 e. The highest BCUT2D eigenvalue weighted by Crippen LogP contribution is 2.32. The van der Waals surface area contributed by atoms with Crippen LogP contribution in [0.25, 0.3) is 0 Å². The first-order valence-electron chi connectivity index (χ1n) is 18.5.